The van der Waals surface area contributed by atoms with Crippen molar-refractivity contribution in [3.63, 3.8) is 0 Å². The molecule has 1 saturated carbocycles. The molecule has 1 aromatic carbocycles. The molecule has 2 aromatic rings. The highest BCUT2D eigenvalue weighted by molar-refractivity contribution is 5.82. The summed E-state index contributed by atoms with van der Waals surface area (Å²) in [7, 11) is 0. The first kappa shape index (κ1) is 13.4. The molecular formula is C17H19N3O2. The average molecular weight is 297 g/mol. The van der Waals surface area contributed by atoms with E-state index in [1.807, 2.05) is 36.8 Å². The van der Waals surface area contributed by atoms with Gasteiger partial charge in [-0.05, 0) is 24.5 Å². The van der Waals surface area contributed by atoms with Crippen molar-refractivity contribution in [2.45, 2.75) is 31.9 Å². The number of amides is 1. The molecule has 2 aliphatic rings. The van der Waals surface area contributed by atoms with E-state index in [0.717, 1.165) is 30.7 Å². The number of nitrogens with one attached hydrogen (secondary N) is 1. The quantitative estimate of drug-likeness (QED) is 0.915. The van der Waals surface area contributed by atoms with E-state index >= 15 is 0 Å². The molecule has 0 saturated heterocycles. The highest BCUT2D eigenvalue weighted by atomic mass is 16.5. The molecular weight excluding hydrogens is 278 g/mol. The number of hydrogen-bond donors (Lipinski definition) is 1. The summed E-state index contributed by atoms with van der Waals surface area (Å²) in [4.78, 5) is 16.4. The molecule has 2 heterocycles. The summed E-state index contributed by atoms with van der Waals surface area (Å²) >= 11 is 0. The van der Waals surface area contributed by atoms with Gasteiger partial charge in [0.25, 0.3) is 5.91 Å². The first-order chi connectivity index (χ1) is 10.7. The zero-order valence-corrected chi connectivity index (χ0v) is 12.4. The monoisotopic (exact) mass is 297 g/mol. The molecule has 1 N–H and O–H groups in total. The highest BCUT2D eigenvalue weighted by Crippen LogP contribution is 2.46. The molecule has 1 aromatic heterocycles. The van der Waals surface area contributed by atoms with Gasteiger partial charge >= 0.3 is 0 Å². The van der Waals surface area contributed by atoms with Crippen molar-refractivity contribution in [1.82, 2.24) is 14.9 Å². The Morgan fingerprint density at radius 2 is 2.27 bits per heavy atom. The van der Waals surface area contributed by atoms with Crippen LogP contribution in [-0.2, 0) is 17.8 Å². The highest BCUT2D eigenvalue weighted by Gasteiger charge is 2.43. The molecule has 1 fully saturated rings. The van der Waals surface area contributed by atoms with Crippen LogP contribution in [0.15, 0.2) is 43.0 Å². The van der Waals surface area contributed by atoms with Gasteiger partial charge < -0.3 is 14.6 Å². The summed E-state index contributed by atoms with van der Waals surface area (Å²) < 4.78 is 7.82. The van der Waals surface area contributed by atoms with Crippen molar-refractivity contribution < 1.29 is 9.53 Å². The van der Waals surface area contributed by atoms with Gasteiger partial charge in [0.1, 0.15) is 5.75 Å². The van der Waals surface area contributed by atoms with Crippen molar-refractivity contribution in [2.75, 3.05) is 6.54 Å². The smallest absolute Gasteiger partial charge is 0.261 e. The summed E-state index contributed by atoms with van der Waals surface area (Å²) in [6, 6.07) is 7.85. The standard InChI is InChI=1S/C17H19N3O2/c21-16(15-9-13-3-1-2-4-14(13)22-15)19-10-17(5-6-17)11-20-8-7-18-12-20/h1-4,7-8,12,15H,5-6,9-11H2,(H,19,21)/t15-/m0/s1. The second kappa shape index (κ2) is 5.16. The topological polar surface area (TPSA) is 56.2 Å². The Kier molecular flexibility index (Phi) is 3.13. The van der Waals surface area contributed by atoms with Crippen LogP contribution in [0.3, 0.4) is 0 Å². The van der Waals surface area contributed by atoms with E-state index in [-0.39, 0.29) is 17.4 Å². The minimum atomic E-state index is -0.388. The Morgan fingerprint density at radius 3 is 3.00 bits per heavy atom. The van der Waals surface area contributed by atoms with E-state index < -0.39 is 0 Å². The van der Waals surface area contributed by atoms with Gasteiger partial charge in [0.15, 0.2) is 6.10 Å². The summed E-state index contributed by atoms with van der Waals surface area (Å²) in [5.74, 6) is 0.829. The van der Waals surface area contributed by atoms with Crippen molar-refractivity contribution in [3.05, 3.63) is 48.5 Å². The molecule has 4 rings (SSSR count). The number of carbonyl (C=O) groups excluding carboxylic acids is 1. The number of benzene rings is 1. The molecule has 5 heteroatoms. The fraction of sp³-hybridized carbons (Fsp3) is 0.412. The summed E-state index contributed by atoms with van der Waals surface area (Å²) in [6.07, 6.45) is 8.17. The van der Waals surface area contributed by atoms with Crippen LogP contribution in [0.25, 0.3) is 0 Å². The average Bonchev–Trinajstić information content (AvgIpc) is 2.94. The Labute approximate surface area is 129 Å². The van der Waals surface area contributed by atoms with Gasteiger partial charge in [-0.2, -0.15) is 0 Å². The number of nitrogens with zero attached hydrogens (tertiary/aromatic N) is 2. The van der Waals surface area contributed by atoms with Gasteiger partial charge in [-0.1, -0.05) is 18.2 Å². The van der Waals surface area contributed by atoms with E-state index in [9.17, 15) is 4.79 Å². The molecule has 114 valence electrons. The number of carbonyl (C=O) groups is 1. The van der Waals surface area contributed by atoms with E-state index in [1.54, 1.807) is 6.20 Å². The van der Waals surface area contributed by atoms with Gasteiger partial charge in [-0.3, -0.25) is 4.79 Å². The van der Waals surface area contributed by atoms with Gasteiger partial charge in [0.2, 0.25) is 0 Å². The number of hydrogen-bond acceptors (Lipinski definition) is 3. The van der Waals surface area contributed by atoms with Crippen molar-refractivity contribution >= 4 is 5.91 Å². The molecule has 0 unspecified atom stereocenters. The van der Waals surface area contributed by atoms with Crippen LogP contribution in [0.4, 0.5) is 0 Å². The van der Waals surface area contributed by atoms with Crippen LogP contribution in [0, 0.1) is 5.41 Å². The second-order valence-electron chi connectivity index (χ2n) is 6.37. The van der Waals surface area contributed by atoms with Gasteiger partial charge in [-0.15, -0.1) is 0 Å². The maximum Gasteiger partial charge on any atom is 0.261 e. The first-order valence-electron chi connectivity index (χ1n) is 7.72. The van der Waals surface area contributed by atoms with Gasteiger partial charge in [-0.25, -0.2) is 4.98 Å². The fourth-order valence-corrected chi connectivity index (χ4v) is 3.05. The maximum atomic E-state index is 12.3. The molecule has 1 aliphatic heterocycles. The van der Waals surface area contributed by atoms with Crippen LogP contribution in [0.2, 0.25) is 0 Å². The molecule has 1 atom stereocenters. The lowest BCUT2D eigenvalue weighted by Gasteiger charge is -2.18. The van der Waals surface area contributed by atoms with Crippen molar-refractivity contribution in [1.29, 1.82) is 0 Å². The van der Waals surface area contributed by atoms with Crippen LogP contribution >= 0.6 is 0 Å². The zero-order chi connectivity index (χ0) is 15.0. The fourth-order valence-electron chi connectivity index (χ4n) is 3.05. The summed E-state index contributed by atoms with van der Waals surface area (Å²) in [5, 5.41) is 3.08. The Balaban J connectivity index is 1.32. The zero-order valence-electron chi connectivity index (χ0n) is 12.4. The minimum absolute atomic E-state index is 0.00638. The predicted molar refractivity (Wildman–Crippen MR) is 81.5 cm³/mol. The largest absolute Gasteiger partial charge is 0.480 e. The van der Waals surface area contributed by atoms with E-state index in [2.05, 4.69) is 14.9 Å². The molecule has 1 amide bonds. The third kappa shape index (κ3) is 2.58. The van der Waals surface area contributed by atoms with Gasteiger partial charge in [0.05, 0.1) is 6.33 Å². The predicted octanol–water partition coefficient (Wildman–Crippen LogP) is 1.78. The van der Waals surface area contributed by atoms with Gasteiger partial charge in [0, 0.05) is 37.3 Å². The Morgan fingerprint density at radius 1 is 1.41 bits per heavy atom. The molecule has 0 bridgehead atoms. The summed E-state index contributed by atoms with van der Waals surface area (Å²) in [6.45, 7) is 1.62. The third-order valence-electron chi connectivity index (χ3n) is 4.61. The molecule has 5 nitrogen and oxygen atoms in total. The minimum Gasteiger partial charge on any atom is -0.480 e. The van der Waals surface area contributed by atoms with E-state index in [4.69, 9.17) is 4.74 Å². The number of fused-ring (bicyclic) bond motifs is 1. The lowest BCUT2D eigenvalue weighted by molar-refractivity contribution is -0.127. The van der Waals surface area contributed by atoms with Crippen LogP contribution < -0.4 is 10.1 Å². The second-order valence-corrected chi connectivity index (χ2v) is 6.37. The number of rotatable bonds is 5. The van der Waals surface area contributed by atoms with Crippen molar-refractivity contribution in [2.24, 2.45) is 5.41 Å². The molecule has 1 aliphatic carbocycles. The van der Waals surface area contributed by atoms with Crippen LogP contribution in [-0.4, -0.2) is 28.1 Å². The molecule has 0 radical (unpaired) electrons. The molecule has 22 heavy (non-hydrogen) atoms. The van der Waals surface area contributed by atoms with E-state index in [0.29, 0.717) is 13.0 Å². The normalized spacial score (nSPS) is 21.0. The lowest BCUT2D eigenvalue weighted by Crippen LogP contribution is -2.41. The van der Waals surface area contributed by atoms with Crippen LogP contribution in [0.5, 0.6) is 5.75 Å². The first-order valence-corrected chi connectivity index (χ1v) is 7.72. The Bertz CT molecular complexity index is 652. The number of para-hydroxylation sites is 1. The Hall–Kier alpha value is -2.30. The van der Waals surface area contributed by atoms with Crippen molar-refractivity contribution in [3.8, 4) is 5.75 Å². The number of ether oxygens (including phenoxy) is 1. The van der Waals surface area contributed by atoms with Crippen LogP contribution in [0.1, 0.15) is 18.4 Å². The lowest BCUT2D eigenvalue weighted by atomic mass is 10.1. The molecule has 0 spiro atoms. The van der Waals surface area contributed by atoms with E-state index in [1.165, 1.54) is 0 Å². The number of imidazole rings is 1. The number of aromatic nitrogens is 2. The third-order valence-corrected chi connectivity index (χ3v) is 4.61. The maximum absolute atomic E-state index is 12.3. The SMILES string of the molecule is O=C(NCC1(Cn2ccnc2)CC1)[C@@H]1Cc2ccccc2O1. The summed E-state index contributed by atoms with van der Waals surface area (Å²) in [5.41, 5.74) is 1.31.